The van der Waals surface area contributed by atoms with Gasteiger partial charge in [-0.25, -0.2) is 4.39 Å². The highest BCUT2D eigenvalue weighted by Crippen LogP contribution is 2.41. The Morgan fingerprint density at radius 2 is 1.93 bits per heavy atom. The summed E-state index contributed by atoms with van der Waals surface area (Å²) in [6, 6.07) is 5.56. The molecule has 8 heteroatoms. The fourth-order valence-corrected chi connectivity index (χ4v) is 3.70. The molecular formula is C19H24F4N2O2. The van der Waals surface area contributed by atoms with Crippen LogP contribution in [0.1, 0.15) is 26.2 Å². The number of nitrogens with zero attached hydrogens (tertiary/aromatic N) is 1. The Balaban J connectivity index is 1.78. The van der Waals surface area contributed by atoms with Crippen LogP contribution >= 0.6 is 0 Å². The number of ether oxygens (including phenoxy) is 1. The maximum Gasteiger partial charge on any atom is 0.471 e. The number of hydrogen-bond acceptors (Lipinski definition) is 3. The first kappa shape index (κ1) is 19.9. The maximum atomic E-state index is 13.9. The van der Waals surface area contributed by atoms with Gasteiger partial charge < -0.3 is 15.0 Å². The van der Waals surface area contributed by atoms with Gasteiger partial charge in [0, 0.05) is 18.0 Å². The van der Waals surface area contributed by atoms with E-state index in [1.54, 1.807) is 12.1 Å². The van der Waals surface area contributed by atoms with Crippen LogP contribution in [0.15, 0.2) is 24.3 Å². The van der Waals surface area contributed by atoms with Gasteiger partial charge in [-0.05, 0) is 50.4 Å². The smallest absolute Gasteiger partial charge is 0.471 e. The van der Waals surface area contributed by atoms with Crippen LogP contribution < -0.4 is 10.1 Å². The van der Waals surface area contributed by atoms with E-state index in [2.05, 4.69) is 5.32 Å². The largest absolute Gasteiger partial charge is 0.490 e. The average Bonchev–Trinajstić information content (AvgIpc) is 3.35. The molecule has 1 amide bonds. The molecule has 4 nitrogen and oxygen atoms in total. The SMILES string of the molecule is CC1CC1N(CC1(COc2ccccc2F)CCNCC1)C(=O)C(F)(F)F. The van der Waals surface area contributed by atoms with Crippen LogP contribution in [0.2, 0.25) is 0 Å². The Bertz CT molecular complexity index is 674. The second-order valence-electron chi connectivity index (χ2n) is 7.68. The topological polar surface area (TPSA) is 41.6 Å². The summed E-state index contributed by atoms with van der Waals surface area (Å²) in [4.78, 5) is 13.0. The molecule has 1 heterocycles. The van der Waals surface area contributed by atoms with E-state index in [4.69, 9.17) is 4.74 Å². The van der Waals surface area contributed by atoms with E-state index in [-0.39, 0.29) is 30.9 Å². The summed E-state index contributed by atoms with van der Waals surface area (Å²) in [5.41, 5.74) is -0.642. The van der Waals surface area contributed by atoms with Gasteiger partial charge in [-0.15, -0.1) is 0 Å². The Kier molecular flexibility index (Phi) is 5.65. The number of amides is 1. The van der Waals surface area contributed by atoms with Gasteiger partial charge in [0.15, 0.2) is 11.6 Å². The summed E-state index contributed by atoms with van der Waals surface area (Å²) >= 11 is 0. The van der Waals surface area contributed by atoms with E-state index in [0.717, 1.165) is 4.90 Å². The lowest BCUT2D eigenvalue weighted by molar-refractivity contribution is -0.188. The van der Waals surface area contributed by atoms with E-state index in [1.807, 2.05) is 6.92 Å². The predicted molar refractivity (Wildman–Crippen MR) is 91.8 cm³/mol. The van der Waals surface area contributed by atoms with Crippen LogP contribution in [-0.2, 0) is 4.79 Å². The molecule has 150 valence electrons. The van der Waals surface area contributed by atoms with Crippen molar-refractivity contribution in [2.75, 3.05) is 26.2 Å². The third-order valence-corrected chi connectivity index (χ3v) is 5.51. The lowest BCUT2D eigenvalue weighted by Gasteiger charge is -2.41. The molecule has 1 saturated heterocycles. The van der Waals surface area contributed by atoms with Gasteiger partial charge >= 0.3 is 12.1 Å². The first-order valence-electron chi connectivity index (χ1n) is 9.18. The summed E-state index contributed by atoms with van der Waals surface area (Å²) in [6.45, 7) is 3.12. The third-order valence-electron chi connectivity index (χ3n) is 5.51. The van der Waals surface area contributed by atoms with Crippen LogP contribution in [0, 0.1) is 17.2 Å². The lowest BCUT2D eigenvalue weighted by atomic mass is 9.79. The fourth-order valence-electron chi connectivity index (χ4n) is 3.70. The van der Waals surface area contributed by atoms with Crippen molar-refractivity contribution >= 4 is 5.91 Å². The number of carbonyl (C=O) groups is 1. The third kappa shape index (κ3) is 4.72. The van der Waals surface area contributed by atoms with Crippen molar-refractivity contribution in [1.29, 1.82) is 0 Å². The van der Waals surface area contributed by atoms with Gasteiger partial charge in [-0.3, -0.25) is 4.79 Å². The molecule has 1 N–H and O–H groups in total. The molecule has 1 aromatic rings. The highest BCUT2D eigenvalue weighted by Gasteiger charge is 2.52. The van der Waals surface area contributed by atoms with Crippen molar-refractivity contribution in [3.8, 4) is 5.75 Å². The normalized spacial score (nSPS) is 24.3. The summed E-state index contributed by atoms with van der Waals surface area (Å²) < 4.78 is 58.8. The highest BCUT2D eigenvalue weighted by atomic mass is 19.4. The second-order valence-corrected chi connectivity index (χ2v) is 7.68. The van der Waals surface area contributed by atoms with Crippen LogP contribution in [0.4, 0.5) is 17.6 Å². The fraction of sp³-hybridized carbons (Fsp3) is 0.632. The number of nitrogens with one attached hydrogen (secondary N) is 1. The molecule has 3 rings (SSSR count). The molecule has 2 aliphatic rings. The van der Waals surface area contributed by atoms with Crippen molar-refractivity contribution in [2.24, 2.45) is 11.3 Å². The molecule has 1 aliphatic carbocycles. The molecule has 1 aliphatic heterocycles. The number of alkyl halides is 3. The number of rotatable bonds is 6. The summed E-state index contributed by atoms with van der Waals surface area (Å²) in [6.07, 6.45) is -3.21. The minimum absolute atomic E-state index is 0.0313. The molecule has 0 bridgehead atoms. The van der Waals surface area contributed by atoms with Gasteiger partial charge in [0.05, 0.1) is 6.61 Å². The first-order chi connectivity index (χ1) is 12.7. The van der Waals surface area contributed by atoms with Crippen molar-refractivity contribution in [2.45, 2.75) is 38.4 Å². The summed E-state index contributed by atoms with van der Waals surface area (Å²) in [5, 5.41) is 3.18. The Morgan fingerprint density at radius 1 is 1.30 bits per heavy atom. The van der Waals surface area contributed by atoms with E-state index in [0.29, 0.717) is 32.4 Å². The standard InChI is InChI=1S/C19H24F4N2O2/c1-13-10-15(13)25(17(26)19(21,22)23)11-18(6-8-24-9-7-18)12-27-16-5-3-2-4-14(16)20/h2-5,13,15,24H,6-12H2,1H3. The number of piperidine rings is 1. The van der Waals surface area contributed by atoms with Gasteiger partial charge in [0.2, 0.25) is 0 Å². The van der Waals surface area contributed by atoms with Crippen LogP contribution in [0.3, 0.4) is 0 Å². The minimum Gasteiger partial charge on any atom is -0.490 e. The number of hydrogen-bond donors (Lipinski definition) is 1. The molecule has 1 aromatic carbocycles. The maximum absolute atomic E-state index is 13.9. The minimum atomic E-state index is -4.90. The van der Waals surface area contributed by atoms with Crippen molar-refractivity contribution < 1.29 is 27.1 Å². The average molecular weight is 388 g/mol. The number of para-hydroxylation sites is 1. The van der Waals surface area contributed by atoms with Gasteiger partial charge in [-0.1, -0.05) is 19.1 Å². The molecule has 0 spiro atoms. The molecular weight excluding hydrogens is 364 g/mol. The van der Waals surface area contributed by atoms with Crippen molar-refractivity contribution in [1.82, 2.24) is 10.2 Å². The van der Waals surface area contributed by atoms with E-state index < -0.39 is 23.3 Å². The zero-order valence-corrected chi connectivity index (χ0v) is 15.2. The lowest BCUT2D eigenvalue weighted by Crippen LogP contribution is -2.53. The number of halogens is 4. The van der Waals surface area contributed by atoms with Crippen LogP contribution in [-0.4, -0.2) is 49.3 Å². The Morgan fingerprint density at radius 3 is 2.48 bits per heavy atom. The Labute approximate surface area is 155 Å². The number of benzene rings is 1. The van der Waals surface area contributed by atoms with Crippen LogP contribution in [0.25, 0.3) is 0 Å². The summed E-state index contributed by atoms with van der Waals surface area (Å²) in [5.74, 6) is -2.17. The van der Waals surface area contributed by atoms with E-state index in [1.165, 1.54) is 12.1 Å². The molecule has 1 saturated carbocycles. The molecule has 2 atom stereocenters. The molecule has 0 aromatic heterocycles. The van der Waals surface area contributed by atoms with E-state index in [9.17, 15) is 22.4 Å². The zero-order chi connectivity index (χ0) is 19.7. The van der Waals surface area contributed by atoms with E-state index >= 15 is 0 Å². The quantitative estimate of drug-likeness (QED) is 0.760. The van der Waals surface area contributed by atoms with Crippen LogP contribution in [0.5, 0.6) is 5.75 Å². The molecule has 27 heavy (non-hydrogen) atoms. The highest BCUT2D eigenvalue weighted by molar-refractivity contribution is 5.82. The van der Waals surface area contributed by atoms with Crippen molar-refractivity contribution in [3.05, 3.63) is 30.1 Å². The Hall–Kier alpha value is -1.83. The molecule has 0 radical (unpaired) electrons. The molecule has 2 unspecified atom stereocenters. The first-order valence-corrected chi connectivity index (χ1v) is 9.18. The van der Waals surface area contributed by atoms with Crippen molar-refractivity contribution in [3.63, 3.8) is 0 Å². The molecule has 2 fully saturated rings. The predicted octanol–water partition coefficient (Wildman–Crippen LogP) is 3.37. The monoisotopic (exact) mass is 388 g/mol. The van der Waals surface area contributed by atoms with Gasteiger partial charge in [-0.2, -0.15) is 13.2 Å². The zero-order valence-electron chi connectivity index (χ0n) is 15.2. The summed E-state index contributed by atoms with van der Waals surface area (Å²) in [7, 11) is 0. The number of carbonyl (C=O) groups excluding carboxylic acids is 1. The van der Waals surface area contributed by atoms with Gasteiger partial charge in [0.1, 0.15) is 0 Å². The van der Waals surface area contributed by atoms with Gasteiger partial charge in [0.25, 0.3) is 0 Å². The second kappa shape index (κ2) is 7.66.